The summed E-state index contributed by atoms with van der Waals surface area (Å²) in [6.45, 7) is 0. The van der Waals surface area contributed by atoms with Gasteiger partial charge in [0.2, 0.25) is 0 Å². The molecule has 0 atom stereocenters. The van der Waals surface area contributed by atoms with Gasteiger partial charge >= 0.3 is 0 Å². The van der Waals surface area contributed by atoms with E-state index in [0.29, 0.717) is 0 Å². The van der Waals surface area contributed by atoms with Crippen LogP contribution >= 0.6 is 11.3 Å². The third-order valence-electron chi connectivity index (χ3n) is 12.3. The largest absolute Gasteiger partial charge is 0.310 e. The molecule has 8 aromatic carbocycles. The van der Waals surface area contributed by atoms with Gasteiger partial charge in [0, 0.05) is 42.5 Å². The molecule has 1 saturated carbocycles. The fourth-order valence-electron chi connectivity index (χ4n) is 9.83. The molecule has 2 aliphatic carbocycles. The van der Waals surface area contributed by atoms with Crippen LogP contribution in [-0.4, -0.2) is 0 Å². The SMILES string of the molecule is c1ccc(-c2ccccc2-c2ccccc2-c2ccccc2N(c2ccc3c(c2)-c2ccccc2C32CCCC2)c2ccc3c(c2)sc2ccccc23)cc1. The summed E-state index contributed by atoms with van der Waals surface area (Å²) in [5, 5.41) is 2.63. The summed E-state index contributed by atoms with van der Waals surface area (Å²) in [6, 6.07) is 70.0. The van der Waals surface area contributed by atoms with Crippen molar-refractivity contribution < 1.29 is 0 Å². The summed E-state index contributed by atoms with van der Waals surface area (Å²) < 4.78 is 2.62. The molecule has 0 bridgehead atoms. The van der Waals surface area contributed by atoms with Gasteiger partial charge in [-0.2, -0.15) is 0 Å². The number of anilines is 3. The van der Waals surface area contributed by atoms with Crippen LogP contribution in [0.1, 0.15) is 36.8 Å². The molecular formula is C53H39NS. The van der Waals surface area contributed by atoms with Crippen LogP contribution in [0, 0.1) is 0 Å². The molecule has 0 aliphatic heterocycles. The first-order chi connectivity index (χ1) is 27.3. The Bertz CT molecular complexity index is 2890. The first-order valence-electron chi connectivity index (χ1n) is 19.6. The Morgan fingerprint density at radius 2 is 0.927 bits per heavy atom. The second-order valence-electron chi connectivity index (χ2n) is 15.2. The van der Waals surface area contributed by atoms with E-state index in [-0.39, 0.29) is 5.41 Å². The Balaban J connectivity index is 1.14. The van der Waals surface area contributed by atoms with E-state index in [4.69, 9.17) is 0 Å². The van der Waals surface area contributed by atoms with Gasteiger partial charge in [0.25, 0.3) is 0 Å². The fourth-order valence-corrected chi connectivity index (χ4v) is 11.0. The van der Waals surface area contributed by atoms with Crippen molar-refractivity contribution in [3.63, 3.8) is 0 Å². The van der Waals surface area contributed by atoms with Gasteiger partial charge in [-0.3, -0.25) is 0 Å². The van der Waals surface area contributed by atoms with Crippen LogP contribution in [0.25, 0.3) is 64.7 Å². The molecule has 0 unspecified atom stereocenters. The average Bonchev–Trinajstić information content (AvgIpc) is 3.97. The van der Waals surface area contributed by atoms with Gasteiger partial charge in [0.05, 0.1) is 5.69 Å². The van der Waals surface area contributed by atoms with Crippen molar-refractivity contribution in [3.05, 3.63) is 199 Å². The summed E-state index contributed by atoms with van der Waals surface area (Å²) in [5.74, 6) is 0. The van der Waals surface area contributed by atoms with Crippen molar-refractivity contribution in [2.24, 2.45) is 0 Å². The predicted octanol–water partition coefficient (Wildman–Crippen LogP) is 15.4. The van der Waals surface area contributed by atoms with Gasteiger partial charge in [-0.25, -0.2) is 0 Å². The lowest BCUT2D eigenvalue weighted by Crippen LogP contribution is -2.20. The minimum absolute atomic E-state index is 0.133. The fraction of sp³-hybridized carbons (Fsp3) is 0.0943. The molecule has 2 heteroatoms. The first-order valence-corrected chi connectivity index (χ1v) is 20.4. The highest BCUT2D eigenvalue weighted by Gasteiger charge is 2.45. The zero-order valence-electron chi connectivity index (χ0n) is 30.6. The van der Waals surface area contributed by atoms with Gasteiger partial charge in [0.1, 0.15) is 0 Å². The van der Waals surface area contributed by atoms with Crippen molar-refractivity contribution in [2.45, 2.75) is 31.1 Å². The number of hydrogen-bond donors (Lipinski definition) is 0. The molecule has 0 radical (unpaired) electrons. The normalized spacial score (nSPS) is 14.0. The highest BCUT2D eigenvalue weighted by Crippen LogP contribution is 2.58. The van der Waals surface area contributed by atoms with Crippen molar-refractivity contribution in [3.8, 4) is 44.5 Å². The second-order valence-corrected chi connectivity index (χ2v) is 16.2. The van der Waals surface area contributed by atoms with Gasteiger partial charge in [-0.15, -0.1) is 11.3 Å². The van der Waals surface area contributed by atoms with Crippen LogP contribution in [-0.2, 0) is 5.41 Å². The van der Waals surface area contributed by atoms with Crippen LogP contribution in [0.2, 0.25) is 0 Å². The molecule has 11 rings (SSSR count). The molecule has 55 heavy (non-hydrogen) atoms. The van der Waals surface area contributed by atoms with Gasteiger partial charge in [0.15, 0.2) is 0 Å². The molecule has 0 saturated heterocycles. The van der Waals surface area contributed by atoms with E-state index in [1.807, 2.05) is 11.3 Å². The Morgan fingerprint density at radius 1 is 0.382 bits per heavy atom. The standard InChI is InChI=1S/C53H39NS/c1-2-16-36(17-3-1)39-18-4-5-19-40(39)41-20-6-7-21-42(41)44-23-9-12-26-50(44)54(38-28-30-46-45-24-10-13-27-51(45)55-52(46)35-38)37-29-31-49-47(34-37)43-22-8-11-25-48(43)53(49)32-14-15-33-53/h1-13,16-31,34-35H,14-15,32-33H2. The Hall–Kier alpha value is -6.22. The van der Waals surface area contributed by atoms with E-state index in [9.17, 15) is 0 Å². The van der Waals surface area contributed by atoms with E-state index in [1.54, 1.807) is 0 Å². The van der Waals surface area contributed by atoms with E-state index in [0.717, 1.165) is 11.4 Å². The van der Waals surface area contributed by atoms with Crippen LogP contribution in [0.3, 0.4) is 0 Å². The molecule has 1 fully saturated rings. The smallest absolute Gasteiger partial charge is 0.0540 e. The predicted molar refractivity (Wildman–Crippen MR) is 235 cm³/mol. The molecule has 9 aromatic rings. The molecule has 0 amide bonds. The number of hydrogen-bond acceptors (Lipinski definition) is 2. The first kappa shape index (κ1) is 32.2. The maximum absolute atomic E-state index is 2.52. The maximum Gasteiger partial charge on any atom is 0.0540 e. The lowest BCUT2D eigenvalue weighted by atomic mass is 9.77. The number of thiophene rings is 1. The summed E-state index contributed by atoms with van der Waals surface area (Å²) >= 11 is 1.88. The van der Waals surface area contributed by atoms with Crippen LogP contribution in [0.5, 0.6) is 0 Å². The highest BCUT2D eigenvalue weighted by molar-refractivity contribution is 7.25. The maximum atomic E-state index is 2.52. The molecule has 1 aromatic heterocycles. The molecule has 1 nitrogen and oxygen atoms in total. The highest BCUT2D eigenvalue weighted by atomic mass is 32.1. The lowest BCUT2D eigenvalue weighted by Gasteiger charge is -2.30. The molecule has 262 valence electrons. The molecule has 1 heterocycles. The molecule has 1 spiro atoms. The van der Waals surface area contributed by atoms with Crippen molar-refractivity contribution in [1.29, 1.82) is 0 Å². The van der Waals surface area contributed by atoms with Crippen LogP contribution in [0.4, 0.5) is 17.1 Å². The summed E-state index contributed by atoms with van der Waals surface area (Å²) in [4.78, 5) is 2.52. The van der Waals surface area contributed by atoms with Crippen molar-refractivity contribution in [1.82, 2.24) is 0 Å². The average molecular weight is 722 g/mol. The quantitative estimate of drug-likeness (QED) is 0.165. The van der Waals surface area contributed by atoms with Gasteiger partial charge in [-0.1, -0.05) is 165 Å². The number of benzene rings is 8. The Morgan fingerprint density at radius 3 is 1.73 bits per heavy atom. The second kappa shape index (κ2) is 13.0. The Kier molecular flexibility index (Phi) is 7.60. The van der Waals surface area contributed by atoms with Crippen LogP contribution < -0.4 is 4.90 Å². The summed E-state index contributed by atoms with van der Waals surface area (Å²) in [5.41, 5.74) is 16.8. The number of fused-ring (bicyclic) bond motifs is 8. The molecular weight excluding hydrogens is 683 g/mol. The van der Waals surface area contributed by atoms with E-state index in [2.05, 4.69) is 193 Å². The minimum Gasteiger partial charge on any atom is -0.310 e. The van der Waals surface area contributed by atoms with Crippen LogP contribution in [0.15, 0.2) is 188 Å². The number of para-hydroxylation sites is 1. The number of rotatable bonds is 6. The number of nitrogens with zero attached hydrogens (tertiary/aromatic N) is 1. The van der Waals surface area contributed by atoms with E-state index < -0.39 is 0 Å². The summed E-state index contributed by atoms with van der Waals surface area (Å²) in [7, 11) is 0. The van der Waals surface area contributed by atoms with E-state index >= 15 is 0 Å². The van der Waals surface area contributed by atoms with Crippen molar-refractivity contribution >= 4 is 48.6 Å². The monoisotopic (exact) mass is 721 g/mol. The van der Waals surface area contributed by atoms with Crippen molar-refractivity contribution in [2.75, 3.05) is 4.90 Å². The third kappa shape index (κ3) is 5.13. The summed E-state index contributed by atoms with van der Waals surface area (Å²) in [6.07, 6.45) is 5.04. The Labute approximate surface area is 326 Å². The third-order valence-corrected chi connectivity index (χ3v) is 13.4. The zero-order chi connectivity index (χ0) is 36.3. The van der Waals surface area contributed by atoms with Gasteiger partial charge < -0.3 is 4.90 Å². The molecule has 2 aliphatic rings. The van der Waals surface area contributed by atoms with E-state index in [1.165, 1.54) is 107 Å². The zero-order valence-corrected chi connectivity index (χ0v) is 31.4. The molecule has 0 N–H and O–H groups in total. The van der Waals surface area contributed by atoms with Gasteiger partial charge in [-0.05, 0) is 99.3 Å². The minimum atomic E-state index is 0.133. The lowest BCUT2D eigenvalue weighted by molar-refractivity contribution is 0.550. The topological polar surface area (TPSA) is 3.24 Å².